The van der Waals surface area contributed by atoms with Gasteiger partial charge in [0.1, 0.15) is 5.75 Å². The molecule has 0 saturated carbocycles. The van der Waals surface area contributed by atoms with Crippen molar-refractivity contribution in [2.45, 2.75) is 77.6 Å². The van der Waals surface area contributed by atoms with Gasteiger partial charge in [-0.3, -0.25) is 0 Å². The molecule has 0 spiro atoms. The Morgan fingerprint density at radius 2 is 1.27 bits per heavy atom. The van der Waals surface area contributed by atoms with Crippen LogP contribution in [-0.4, -0.2) is 8.42 Å². The molecular weight excluding hydrogens is 400 g/mol. The van der Waals surface area contributed by atoms with Gasteiger partial charge in [-0.2, -0.15) is 8.42 Å². The zero-order valence-electron chi connectivity index (χ0n) is 17.9. The van der Waals surface area contributed by atoms with Crippen LogP contribution in [0.25, 0.3) is 0 Å². The van der Waals surface area contributed by atoms with Crippen molar-refractivity contribution in [1.82, 2.24) is 0 Å². The van der Waals surface area contributed by atoms with Gasteiger partial charge in [-0.1, -0.05) is 101 Å². The minimum absolute atomic E-state index is 0.281. The molecule has 0 unspecified atom stereocenters. The van der Waals surface area contributed by atoms with Crippen molar-refractivity contribution in [3.05, 3.63) is 60.2 Å². The van der Waals surface area contributed by atoms with E-state index in [1.54, 1.807) is 42.5 Å². The summed E-state index contributed by atoms with van der Waals surface area (Å²) in [6, 6.07) is 15.6. The van der Waals surface area contributed by atoms with Crippen molar-refractivity contribution in [2.24, 2.45) is 0 Å². The Kier molecular flexibility index (Phi) is 11.3. The van der Waals surface area contributed by atoms with Gasteiger partial charge in [0.15, 0.2) is 5.75 Å². The second kappa shape index (κ2) is 14.0. The number of hydrogen-bond donors (Lipinski definition) is 0. The molecule has 0 amide bonds. The van der Waals surface area contributed by atoms with Crippen LogP contribution in [0, 0.1) is 0 Å². The lowest BCUT2D eigenvalue weighted by Crippen LogP contribution is -2.16. The SMILES string of the molecule is CCCCCCCCCCCCc1ccccc1OS(=O)(=O)OOc1ccccc1. The van der Waals surface area contributed by atoms with Crippen molar-refractivity contribution >= 4 is 10.4 Å². The van der Waals surface area contributed by atoms with Gasteiger partial charge in [0.2, 0.25) is 0 Å². The lowest BCUT2D eigenvalue weighted by molar-refractivity contribution is -0.101. The summed E-state index contributed by atoms with van der Waals surface area (Å²) >= 11 is 0. The van der Waals surface area contributed by atoms with Crippen LogP contribution in [0.5, 0.6) is 11.5 Å². The van der Waals surface area contributed by atoms with Crippen LogP contribution in [0.4, 0.5) is 0 Å². The zero-order valence-corrected chi connectivity index (χ0v) is 18.7. The Hall–Kier alpha value is -2.05. The fourth-order valence-corrected chi connectivity index (χ4v) is 3.85. The van der Waals surface area contributed by atoms with Crippen LogP contribution in [0.15, 0.2) is 54.6 Å². The van der Waals surface area contributed by atoms with Gasteiger partial charge in [-0.25, -0.2) is 0 Å². The van der Waals surface area contributed by atoms with E-state index in [9.17, 15) is 8.42 Å². The molecule has 0 N–H and O–H groups in total. The number of hydrogen-bond acceptors (Lipinski definition) is 5. The molecule has 0 aromatic heterocycles. The third-order valence-corrected chi connectivity index (χ3v) is 5.54. The fraction of sp³-hybridized carbons (Fsp3) is 0.500. The quantitative estimate of drug-likeness (QED) is 0.165. The molecule has 0 heterocycles. The van der Waals surface area contributed by atoms with E-state index in [2.05, 4.69) is 11.3 Å². The number of para-hydroxylation sites is 2. The van der Waals surface area contributed by atoms with Gasteiger partial charge >= 0.3 is 10.4 Å². The lowest BCUT2D eigenvalue weighted by Gasteiger charge is -2.11. The molecule has 0 saturated heterocycles. The van der Waals surface area contributed by atoms with Gasteiger partial charge in [0, 0.05) is 0 Å². The van der Waals surface area contributed by atoms with Crippen molar-refractivity contribution < 1.29 is 21.8 Å². The van der Waals surface area contributed by atoms with Gasteiger partial charge in [0.05, 0.1) is 0 Å². The molecule has 0 aliphatic rings. The van der Waals surface area contributed by atoms with E-state index in [-0.39, 0.29) is 11.5 Å². The minimum atomic E-state index is -4.33. The lowest BCUT2D eigenvalue weighted by atomic mass is 10.0. The summed E-state index contributed by atoms with van der Waals surface area (Å²) in [5.41, 5.74) is 0.851. The summed E-state index contributed by atoms with van der Waals surface area (Å²) in [5.74, 6) is 0.563. The van der Waals surface area contributed by atoms with Crippen molar-refractivity contribution in [1.29, 1.82) is 0 Å². The highest BCUT2D eigenvalue weighted by Crippen LogP contribution is 2.23. The molecule has 0 atom stereocenters. The van der Waals surface area contributed by atoms with E-state index < -0.39 is 10.4 Å². The third kappa shape index (κ3) is 10.1. The number of rotatable bonds is 16. The predicted molar refractivity (Wildman–Crippen MR) is 120 cm³/mol. The maximum Gasteiger partial charge on any atom is 0.485 e. The average molecular weight is 435 g/mol. The van der Waals surface area contributed by atoms with Crippen molar-refractivity contribution in [2.75, 3.05) is 0 Å². The van der Waals surface area contributed by atoms with E-state index in [4.69, 9.17) is 9.07 Å². The summed E-state index contributed by atoms with van der Waals surface area (Å²) in [6.07, 6.45) is 13.4. The van der Waals surface area contributed by atoms with E-state index in [1.807, 2.05) is 12.1 Å². The summed E-state index contributed by atoms with van der Waals surface area (Å²) in [4.78, 5) is 4.84. The Morgan fingerprint density at radius 1 is 0.700 bits per heavy atom. The van der Waals surface area contributed by atoms with Crippen molar-refractivity contribution in [3.63, 3.8) is 0 Å². The molecule has 2 rings (SSSR count). The molecule has 2 aromatic rings. The summed E-state index contributed by atoms with van der Waals surface area (Å²) in [6.45, 7) is 2.24. The maximum absolute atomic E-state index is 12.1. The summed E-state index contributed by atoms with van der Waals surface area (Å²) in [7, 11) is -4.33. The summed E-state index contributed by atoms with van der Waals surface area (Å²) < 4.78 is 33.8. The van der Waals surface area contributed by atoms with Crippen LogP contribution in [-0.2, 0) is 21.2 Å². The van der Waals surface area contributed by atoms with E-state index >= 15 is 0 Å². The first kappa shape index (κ1) is 24.2. The normalized spacial score (nSPS) is 11.4. The molecule has 0 fully saturated rings. The first-order chi connectivity index (χ1) is 14.6. The molecule has 6 heteroatoms. The van der Waals surface area contributed by atoms with Gasteiger partial charge < -0.3 is 9.07 Å². The van der Waals surface area contributed by atoms with Crippen molar-refractivity contribution in [3.8, 4) is 11.5 Å². The molecule has 166 valence electrons. The number of aryl methyl sites for hydroxylation is 1. The molecule has 0 bridgehead atoms. The van der Waals surface area contributed by atoms with Gasteiger partial charge in [-0.05, 0) is 40.9 Å². The first-order valence-electron chi connectivity index (χ1n) is 11.0. The maximum atomic E-state index is 12.1. The van der Waals surface area contributed by atoms with Crippen LogP contribution < -0.4 is 9.07 Å². The average Bonchev–Trinajstić information content (AvgIpc) is 2.75. The smallest absolute Gasteiger partial charge is 0.359 e. The number of benzene rings is 2. The Labute approximate surface area is 181 Å². The fourth-order valence-electron chi connectivity index (χ4n) is 3.28. The van der Waals surface area contributed by atoms with E-state index in [0.29, 0.717) is 0 Å². The highest BCUT2D eigenvalue weighted by molar-refractivity contribution is 7.82. The van der Waals surface area contributed by atoms with Gasteiger partial charge in [-0.15, -0.1) is 0 Å². The molecule has 2 aromatic carbocycles. The van der Waals surface area contributed by atoms with Crippen LogP contribution in [0.1, 0.15) is 76.7 Å². The third-order valence-electron chi connectivity index (χ3n) is 4.92. The van der Waals surface area contributed by atoms with Gasteiger partial charge in [0.25, 0.3) is 0 Å². The second-order valence-electron chi connectivity index (χ2n) is 7.50. The van der Waals surface area contributed by atoms with Crippen LogP contribution in [0.2, 0.25) is 0 Å². The Bertz CT molecular complexity index is 805. The predicted octanol–water partition coefficient (Wildman–Crippen LogP) is 6.78. The second-order valence-corrected chi connectivity index (χ2v) is 8.61. The molecule has 0 aliphatic carbocycles. The highest BCUT2D eigenvalue weighted by atomic mass is 32.3. The van der Waals surface area contributed by atoms with Crippen LogP contribution in [0.3, 0.4) is 0 Å². The zero-order chi connectivity index (χ0) is 21.5. The van der Waals surface area contributed by atoms with E-state index in [0.717, 1.165) is 24.8 Å². The molecule has 5 nitrogen and oxygen atoms in total. The van der Waals surface area contributed by atoms with Crippen LogP contribution >= 0.6 is 0 Å². The standard InChI is InChI=1S/C24H34O5S/c1-2-3-4-5-6-7-8-9-10-12-17-22-18-15-16-21-24(22)28-30(25,26)29-27-23-19-13-11-14-20-23/h11,13-16,18-21H,2-10,12,17H2,1H3. The molecule has 0 radical (unpaired) electrons. The minimum Gasteiger partial charge on any atom is -0.359 e. The topological polar surface area (TPSA) is 61.8 Å². The number of unbranched alkanes of at least 4 members (excludes halogenated alkanes) is 9. The first-order valence-corrected chi connectivity index (χ1v) is 12.4. The molecular formula is C24H34O5S. The summed E-state index contributed by atoms with van der Waals surface area (Å²) in [5, 5.41) is 0. The largest absolute Gasteiger partial charge is 0.485 e. The Balaban J connectivity index is 1.70. The molecule has 30 heavy (non-hydrogen) atoms. The monoisotopic (exact) mass is 434 g/mol. The van der Waals surface area contributed by atoms with E-state index in [1.165, 1.54) is 51.4 Å². The molecule has 0 aliphatic heterocycles. The highest BCUT2D eigenvalue weighted by Gasteiger charge is 2.18. The Morgan fingerprint density at radius 3 is 1.93 bits per heavy atom.